The molecule has 0 bridgehead atoms. The molecule has 0 amide bonds. The summed E-state index contributed by atoms with van der Waals surface area (Å²) in [5.74, 6) is -0.313. The zero-order valence-corrected chi connectivity index (χ0v) is 18.6. The molecule has 0 radical (unpaired) electrons. The molecule has 0 atom stereocenters. The standard InChI is InChI=1S/C18H17N5O4S.C2HF3O2/c1-19-28(24,25)14-4-2-3-12(7-14)22-17-9-18(21-10-20-17)23-13-5-6-15-16(8-13)27-11-26-15;3-2(4,5)1(6)7/h2-10,19H,11H2,1H3,(H2,20,21,22,23);(H,6,7). The lowest BCUT2D eigenvalue weighted by Gasteiger charge is -2.10. The number of nitrogens with zero attached hydrogens (tertiary/aromatic N) is 2. The Morgan fingerprint density at radius 2 is 1.57 bits per heavy atom. The Hall–Kier alpha value is -4.11. The number of anilines is 4. The topological polar surface area (TPSA) is 152 Å². The second kappa shape index (κ2) is 10.4. The van der Waals surface area contributed by atoms with Crippen LogP contribution in [0.1, 0.15) is 0 Å². The van der Waals surface area contributed by atoms with Crippen molar-refractivity contribution >= 4 is 39.0 Å². The number of hydrogen-bond donors (Lipinski definition) is 4. The number of halogens is 3. The predicted molar refractivity (Wildman–Crippen MR) is 118 cm³/mol. The van der Waals surface area contributed by atoms with Gasteiger partial charge in [-0.2, -0.15) is 13.2 Å². The molecule has 4 N–H and O–H groups in total. The number of aromatic nitrogens is 2. The third kappa shape index (κ3) is 6.94. The van der Waals surface area contributed by atoms with Crippen LogP contribution in [0, 0.1) is 0 Å². The van der Waals surface area contributed by atoms with Crippen molar-refractivity contribution in [3.63, 3.8) is 0 Å². The first-order valence-electron chi connectivity index (χ1n) is 9.57. The molecule has 3 aromatic rings. The van der Waals surface area contributed by atoms with Gasteiger partial charge in [-0.1, -0.05) is 6.07 Å². The van der Waals surface area contributed by atoms with E-state index in [-0.39, 0.29) is 11.7 Å². The summed E-state index contributed by atoms with van der Waals surface area (Å²) in [6, 6.07) is 13.7. The van der Waals surface area contributed by atoms with Crippen molar-refractivity contribution in [1.82, 2.24) is 14.7 Å². The van der Waals surface area contributed by atoms with E-state index in [1.807, 2.05) is 18.2 Å². The van der Waals surface area contributed by atoms with Gasteiger partial charge in [0, 0.05) is 23.5 Å². The Morgan fingerprint density at radius 3 is 2.17 bits per heavy atom. The zero-order chi connectivity index (χ0) is 25.6. The minimum atomic E-state index is -5.08. The van der Waals surface area contributed by atoms with Crippen LogP contribution in [-0.4, -0.2) is 49.5 Å². The molecule has 11 nitrogen and oxygen atoms in total. The molecular weight excluding hydrogens is 495 g/mol. The Labute approximate surface area is 197 Å². The number of carboxylic acids is 1. The van der Waals surface area contributed by atoms with Crippen molar-refractivity contribution in [2.75, 3.05) is 24.5 Å². The fourth-order valence-corrected chi connectivity index (χ4v) is 3.40. The predicted octanol–water partition coefficient (Wildman–Crippen LogP) is 3.23. The maximum absolute atomic E-state index is 11.9. The van der Waals surface area contributed by atoms with E-state index in [9.17, 15) is 21.6 Å². The van der Waals surface area contributed by atoms with Gasteiger partial charge < -0.3 is 25.2 Å². The molecule has 1 aromatic heterocycles. The lowest BCUT2D eigenvalue weighted by Crippen LogP contribution is -2.21. The Bertz CT molecular complexity index is 1320. The number of alkyl halides is 3. The number of rotatable bonds is 6. The largest absolute Gasteiger partial charge is 0.490 e. The molecule has 4 rings (SSSR count). The molecule has 2 heterocycles. The molecule has 0 aliphatic carbocycles. The number of carboxylic acid groups (broad SMARTS) is 1. The lowest BCUT2D eigenvalue weighted by molar-refractivity contribution is -0.192. The van der Waals surface area contributed by atoms with Crippen LogP contribution in [0.5, 0.6) is 11.5 Å². The minimum Gasteiger partial charge on any atom is -0.475 e. The normalized spacial score (nSPS) is 12.3. The summed E-state index contributed by atoms with van der Waals surface area (Å²) in [6.07, 6.45) is -3.67. The summed E-state index contributed by atoms with van der Waals surface area (Å²) in [4.78, 5) is 17.4. The number of ether oxygens (including phenoxy) is 2. The maximum atomic E-state index is 11.9. The van der Waals surface area contributed by atoms with Gasteiger partial charge in [-0.25, -0.2) is 27.9 Å². The highest BCUT2D eigenvalue weighted by Crippen LogP contribution is 2.35. The molecule has 186 valence electrons. The molecule has 0 saturated carbocycles. The second-order valence-corrected chi connectivity index (χ2v) is 8.53. The average Bonchev–Trinajstić information content (AvgIpc) is 3.27. The minimum absolute atomic E-state index is 0.160. The van der Waals surface area contributed by atoms with Crippen LogP contribution in [0.3, 0.4) is 0 Å². The van der Waals surface area contributed by atoms with E-state index in [1.54, 1.807) is 18.2 Å². The summed E-state index contributed by atoms with van der Waals surface area (Å²) in [5.41, 5.74) is 1.38. The van der Waals surface area contributed by atoms with Crippen molar-refractivity contribution in [1.29, 1.82) is 0 Å². The SMILES string of the molecule is CNS(=O)(=O)c1cccc(Nc2cc(Nc3ccc4c(c3)OCO4)ncn2)c1.O=C(O)C(F)(F)F. The van der Waals surface area contributed by atoms with E-state index in [2.05, 4.69) is 25.3 Å². The summed E-state index contributed by atoms with van der Waals surface area (Å²) in [7, 11) is -2.16. The van der Waals surface area contributed by atoms with E-state index in [0.29, 0.717) is 28.8 Å². The smallest absolute Gasteiger partial charge is 0.475 e. The maximum Gasteiger partial charge on any atom is 0.490 e. The highest BCUT2D eigenvalue weighted by molar-refractivity contribution is 7.89. The van der Waals surface area contributed by atoms with E-state index in [4.69, 9.17) is 19.4 Å². The van der Waals surface area contributed by atoms with E-state index < -0.39 is 22.2 Å². The van der Waals surface area contributed by atoms with Crippen molar-refractivity contribution in [2.45, 2.75) is 11.1 Å². The van der Waals surface area contributed by atoms with E-state index in [0.717, 1.165) is 5.69 Å². The highest BCUT2D eigenvalue weighted by atomic mass is 32.2. The summed E-state index contributed by atoms with van der Waals surface area (Å²) in [5, 5.41) is 13.4. The van der Waals surface area contributed by atoms with Gasteiger partial charge in [0.1, 0.15) is 18.0 Å². The third-order valence-electron chi connectivity index (χ3n) is 4.24. The monoisotopic (exact) mass is 513 g/mol. The molecule has 2 aromatic carbocycles. The van der Waals surface area contributed by atoms with Crippen LogP contribution in [0.25, 0.3) is 0 Å². The van der Waals surface area contributed by atoms with Gasteiger partial charge in [0.2, 0.25) is 16.8 Å². The Kier molecular flexibility index (Phi) is 7.61. The van der Waals surface area contributed by atoms with Crippen LogP contribution >= 0.6 is 0 Å². The number of aliphatic carboxylic acids is 1. The van der Waals surface area contributed by atoms with Gasteiger partial charge in [0.25, 0.3) is 0 Å². The fourth-order valence-electron chi connectivity index (χ4n) is 2.62. The Balaban J connectivity index is 0.000000429. The quantitative estimate of drug-likeness (QED) is 0.387. The second-order valence-electron chi connectivity index (χ2n) is 6.64. The van der Waals surface area contributed by atoms with Crippen LogP contribution < -0.4 is 24.8 Å². The Morgan fingerprint density at radius 1 is 0.971 bits per heavy atom. The van der Waals surface area contributed by atoms with Crippen molar-refractivity contribution in [2.24, 2.45) is 0 Å². The molecule has 1 aliphatic heterocycles. The summed E-state index contributed by atoms with van der Waals surface area (Å²) >= 11 is 0. The van der Waals surface area contributed by atoms with Crippen LogP contribution in [0.4, 0.5) is 36.2 Å². The van der Waals surface area contributed by atoms with Crippen LogP contribution in [0.2, 0.25) is 0 Å². The lowest BCUT2D eigenvalue weighted by atomic mass is 10.3. The fraction of sp³-hybridized carbons (Fsp3) is 0.150. The van der Waals surface area contributed by atoms with Gasteiger partial charge in [0.05, 0.1) is 4.90 Å². The number of benzene rings is 2. The van der Waals surface area contributed by atoms with E-state index >= 15 is 0 Å². The number of nitrogens with one attached hydrogen (secondary N) is 3. The average molecular weight is 513 g/mol. The molecule has 0 fully saturated rings. The zero-order valence-electron chi connectivity index (χ0n) is 17.8. The van der Waals surface area contributed by atoms with Crippen LogP contribution in [-0.2, 0) is 14.8 Å². The molecular formula is C20H18F3N5O6S. The first-order valence-corrected chi connectivity index (χ1v) is 11.1. The third-order valence-corrected chi connectivity index (χ3v) is 5.65. The van der Waals surface area contributed by atoms with Crippen molar-refractivity contribution in [3.05, 3.63) is 54.9 Å². The summed E-state index contributed by atoms with van der Waals surface area (Å²) < 4.78 is 68.6. The van der Waals surface area contributed by atoms with Gasteiger partial charge >= 0.3 is 12.1 Å². The first-order chi connectivity index (χ1) is 16.5. The molecule has 15 heteroatoms. The van der Waals surface area contributed by atoms with Crippen LogP contribution in [0.15, 0.2) is 59.8 Å². The highest BCUT2D eigenvalue weighted by Gasteiger charge is 2.38. The van der Waals surface area contributed by atoms with Crippen molar-refractivity contribution in [3.8, 4) is 11.5 Å². The molecule has 0 unspecified atom stereocenters. The molecule has 0 spiro atoms. The van der Waals surface area contributed by atoms with Crippen molar-refractivity contribution < 1.29 is 41.0 Å². The first kappa shape index (κ1) is 25.5. The molecule has 0 saturated heterocycles. The van der Waals surface area contributed by atoms with E-state index in [1.165, 1.54) is 25.5 Å². The van der Waals surface area contributed by atoms with Gasteiger partial charge in [0.15, 0.2) is 11.5 Å². The molecule has 1 aliphatic rings. The molecule has 35 heavy (non-hydrogen) atoms. The summed E-state index contributed by atoms with van der Waals surface area (Å²) in [6.45, 7) is 0.211. The number of carbonyl (C=O) groups is 1. The van der Waals surface area contributed by atoms with Gasteiger partial charge in [-0.05, 0) is 37.4 Å². The number of fused-ring (bicyclic) bond motifs is 1. The number of sulfonamides is 1. The van der Waals surface area contributed by atoms with Gasteiger partial charge in [-0.3, -0.25) is 0 Å². The van der Waals surface area contributed by atoms with Gasteiger partial charge in [-0.15, -0.1) is 0 Å². The number of hydrogen-bond acceptors (Lipinski definition) is 9.